The third kappa shape index (κ3) is 1.31. The summed E-state index contributed by atoms with van der Waals surface area (Å²) >= 11 is 0. The first-order valence-corrected chi connectivity index (χ1v) is 3.02. The predicted molar refractivity (Wildman–Crippen MR) is 36.1 cm³/mol. The highest BCUT2D eigenvalue weighted by Crippen LogP contribution is 2.16. The maximum atomic E-state index is 4.01. The van der Waals surface area contributed by atoms with Gasteiger partial charge in [-0.15, -0.1) is 0 Å². The van der Waals surface area contributed by atoms with Crippen molar-refractivity contribution < 1.29 is 0 Å². The molecule has 0 amide bonds. The second kappa shape index (κ2) is 1.87. The van der Waals surface area contributed by atoms with Gasteiger partial charge in [0.1, 0.15) is 12.0 Å². The number of nitrogens with one attached hydrogen (secondary N) is 1. The molecule has 0 saturated carbocycles. The Labute approximate surface area is 55.3 Å². The zero-order chi connectivity index (χ0) is 6.91. The van der Waals surface area contributed by atoms with Crippen molar-refractivity contribution in [2.45, 2.75) is 26.2 Å². The molecule has 0 aliphatic heterocycles. The third-order valence-electron chi connectivity index (χ3n) is 1.16. The zero-order valence-corrected chi connectivity index (χ0v) is 6.02. The molecule has 1 radical (unpaired) electrons. The van der Waals surface area contributed by atoms with Crippen LogP contribution in [0.4, 0.5) is 0 Å². The Morgan fingerprint density at radius 3 is 2.44 bits per heavy atom. The molecule has 0 aliphatic carbocycles. The van der Waals surface area contributed by atoms with Crippen LogP contribution in [0, 0.1) is 6.20 Å². The molecule has 0 saturated heterocycles. The van der Waals surface area contributed by atoms with Gasteiger partial charge in [0, 0.05) is 11.6 Å². The largest absolute Gasteiger partial charge is 0.347 e. The highest BCUT2D eigenvalue weighted by molar-refractivity contribution is 5.00. The molecule has 0 aliphatic rings. The first-order valence-electron chi connectivity index (χ1n) is 3.02. The van der Waals surface area contributed by atoms with E-state index in [1.807, 2.05) is 0 Å². The van der Waals surface area contributed by atoms with Crippen LogP contribution < -0.4 is 0 Å². The molecular formula is C7H11N2. The molecule has 1 rings (SSSR count). The van der Waals surface area contributed by atoms with E-state index in [1.54, 1.807) is 6.20 Å². The van der Waals surface area contributed by atoms with Crippen molar-refractivity contribution in [3.8, 4) is 0 Å². The van der Waals surface area contributed by atoms with E-state index < -0.39 is 0 Å². The van der Waals surface area contributed by atoms with Gasteiger partial charge in [-0.2, -0.15) is 0 Å². The summed E-state index contributed by atoms with van der Waals surface area (Å²) in [6, 6.07) is 0. The molecule has 1 N–H and O–H groups in total. The minimum absolute atomic E-state index is 0.125. The van der Waals surface area contributed by atoms with Crippen molar-refractivity contribution >= 4 is 0 Å². The van der Waals surface area contributed by atoms with Gasteiger partial charge in [0.05, 0.1) is 0 Å². The molecule has 0 atom stereocenters. The molecule has 1 heterocycles. The van der Waals surface area contributed by atoms with Crippen LogP contribution in [0.2, 0.25) is 0 Å². The fourth-order valence-corrected chi connectivity index (χ4v) is 0.614. The minimum Gasteiger partial charge on any atom is -0.347 e. The summed E-state index contributed by atoms with van der Waals surface area (Å²) in [7, 11) is 0. The summed E-state index contributed by atoms with van der Waals surface area (Å²) < 4.78 is 0. The number of aromatic amines is 1. The van der Waals surface area contributed by atoms with Gasteiger partial charge in [-0.1, -0.05) is 20.8 Å². The topological polar surface area (TPSA) is 28.7 Å². The molecule has 0 unspecified atom stereocenters. The van der Waals surface area contributed by atoms with E-state index in [1.165, 1.54) is 0 Å². The number of hydrogen-bond acceptors (Lipinski definition) is 1. The van der Waals surface area contributed by atoms with E-state index >= 15 is 0 Å². The number of H-pyrrole nitrogens is 1. The Bertz CT molecular complexity index is 169. The summed E-state index contributed by atoms with van der Waals surface area (Å²) in [6.07, 6.45) is 4.45. The molecule has 1 aromatic rings. The average molecular weight is 123 g/mol. The van der Waals surface area contributed by atoms with Crippen molar-refractivity contribution in [1.29, 1.82) is 0 Å². The summed E-state index contributed by atoms with van der Waals surface area (Å²) in [5.74, 6) is 0.988. The highest BCUT2D eigenvalue weighted by Gasteiger charge is 2.14. The molecule has 0 spiro atoms. The Kier molecular flexibility index (Phi) is 1.31. The Morgan fingerprint density at radius 1 is 1.56 bits per heavy atom. The molecular weight excluding hydrogens is 112 g/mol. The van der Waals surface area contributed by atoms with E-state index in [-0.39, 0.29) is 5.41 Å². The lowest BCUT2D eigenvalue weighted by atomic mass is 9.96. The monoisotopic (exact) mass is 123 g/mol. The van der Waals surface area contributed by atoms with Crippen LogP contribution in [-0.4, -0.2) is 9.97 Å². The minimum atomic E-state index is 0.125. The van der Waals surface area contributed by atoms with Gasteiger partial charge in [0.15, 0.2) is 0 Å². The van der Waals surface area contributed by atoms with Gasteiger partial charge >= 0.3 is 0 Å². The normalized spacial score (nSPS) is 11.9. The Balaban J connectivity index is 2.90. The first kappa shape index (κ1) is 6.33. The molecule has 9 heavy (non-hydrogen) atoms. The summed E-state index contributed by atoms with van der Waals surface area (Å²) in [6.45, 7) is 6.33. The van der Waals surface area contributed by atoms with Crippen LogP contribution in [0.3, 0.4) is 0 Å². The van der Waals surface area contributed by atoms with Crippen molar-refractivity contribution in [1.82, 2.24) is 9.97 Å². The predicted octanol–water partition coefficient (Wildman–Crippen LogP) is 1.51. The lowest BCUT2D eigenvalue weighted by molar-refractivity contribution is 0.552. The summed E-state index contributed by atoms with van der Waals surface area (Å²) in [5, 5.41) is 0. The van der Waals surface area contributed by atoms with Gasteiger partial charge in [0.2, 0.25) is 0 Å². The van der Waals surface area contributed by atoms with Crippen LogP contribution in [0.15, 0.2) is 6.20 Å². The van der Waals surface area contributed by atoms with Gasteiger partial charge in [-0.05, 0) is 0 Å². The molecule has 0 bridgehead atoms. The first-order chi connectivity index (χ1) is 4.11. The summed E-state index contributed by atoms with van der Waals surface area (Å²) in [4.78, 5) is 7.02. The Morgan fingerprint density at radius 2 is 2.22 bits per heavy atom. The van der Waals surface area contributed by atoms with E-state index in [9.17, 15) is 0 Å². The average Bonchev–Trinajstić information content (AvgIpc) is 2.08. The standard InChI is InChI=1S/C7H11N2/c1-7(2,3)6-8-4-5-9-6/h4H,1-3H3,(H,8,9). The molecule has 2 nitrogen and oxygen atoms in total. The number of nitrogens with zero attached hydrogens (tertiary/aromatic N) is 1. The molecule has 1 aromatic heterocycles. The van der Waals surface area contributed by atoms with Crippen LogP contribution in [-0.2, 0) is 5.41 Å². The molecule has 0 fully saturated rings. The number of hydrogen-bond donors (Lipinski definition) is 1. The van der Waals surface area contributed by atoms with Crippen molar-refractivity contribution in [3.05, 3.63) is 18.2 Å². The van der Waals surface area contributed by atoms with E-state index in [0.29, 0.717) is 0 Å². The SMILES string of the molecule is CC(C)(C)c1n[c]c[nH]1. The molecule has 2 heteroatoms. The number of imidazole rings is 1. The van der Waals surface area contributed by atoms with Crippen LogP contribution in [0.5, 0.6) is 0 Å². The Hall–Kier alpha value is -0.790. The maximum Gasteiger partial charge on any atom is 0.112 e. The number of aromatic nitrogens is 2. The molecule has 49 valence electrons. The second-order valence-electron chi connectivity index (χ2n) is 3.13. The lowest BCUT2D eigenvalue weighted by Gasteiger charge is -2.13. The van der Waals surface area contributed by atoms with Crippen molar-refractivity contribution in [3.63, 3.8) is 0 Å². The van der Waals surface area contributed by atoms with Crippen LogP contribution in [0.25, 0.3) is 0 Å². The zero-order valence-electron chi connectivity index (χ0n) is 6.02. The van der Waals surface area contributed by atoms with E-state index in [0.717, 1.165) is 5.82 Å². The molecule has 0 aromatic carbocycles. The van der Waals surface area contributed by atoms with Gasteiger partial charge < -0.3 is 4.98 Å². The smallest absolute Gasteiger partial charge is 0.112 e. The van der Waals surface area contributed by atoms with E-state index in [4.69, 9.17) is 0 Å². The fraction of sp³-hybridized carbons (Fsp3) is 0.571. The summed E-state index contributed by atoms with van der Waals surface area (Å²) in [5.41, 5.74) is 0.125. The van der Waals surface area contributed by atoms with Gasteiger partial charge in [-0.3, -0.25) is 0 Å². The second-order valence-corrected chi connectivity index (χ2v) is 3.13. The van der Waals surface area contributed by atoms with Crippen molar-refractivity contribution in [2.75, 3.05) is 0 Å². The fourth-order valence-electron chi connectivity index (χ4n) is 0.614. The van der Waals surface area contributed by atoms with E-state index in [2.05, 4.69) is 36.9 Å². The third-order valence-corrected chi connectivity index (χ3v) is 1.16. The van der Waals surface area contributed by atoms with Crippen LogP contribution >= 0.6 is 0 Å². The van der Waals surface area contributed by atoms with Crippen molar-refractivity contribution in [2.24, 2.45) is 0 Å². The quantitative estimate of drug-likeness (QED) is 0.556. The number of rotatable bonds is 0. The lowest BCUT2D eigenvalue weighted by Crippen LogP contribution is -2.12. The highest BCUT2D eigenvalue weighted by atomic mass is 14.9. The van der Waals surface area contributed by atoms with Gasteiger partial charge in [-0.25, -0.2) is 4.98 Å². The maximum absolute atomic E-state index is 4.01. The van der Waals surface area contributed by atoms with Gasteiger partial charge in [0.25, 0.3) is 0 Å². The van der Waals surface area contributed by atoms with Crippen LogP contribution in [0.1, 0.15) is 26.6 Å².